The van der Waals surface area contributed by atoms with Crippen LogP contribution >= 0.6 is 23.1 Å². The summed E-state index contributed by atoms with van der Waals surface area (Å²) >= 11 is 3.49. The maximum atomic E-state index is 10.6. The van der Waals surface area contributed by atoms with E-state index in [1.807, 2.05) is 36.7 Å². The van der Waals surface area contributed by atoms with Gasteiger partial charge in [-0.2, -0.15) is 0 Å². The molecule has 0 bridgehead atoms. The van der Waals surface area contributed by atoms with Crippen molar-refractivity contribution >= 4 is 29.1 Å². The van der Waals surface area contributed by atoms with E-state index < -0.39 is 5.97 Å². The van der Waals surface area contributed by atoms with Crippen LogP contribution in [0.2, 0.25) is 0 Å². The summed E-state index contributed by atoms with van der Waals surface area (Å²) in [6, 6.07) is 7.74. The molecular weight excluding hydrogens is 278 g/mol. The number of carboxylic acid groups (broad SMARTS) is 1. The molecule has 0 atom stereocenters. The Morgan fingerprint density at radius 3 is 2.68 bits per heavy atom. The average Bonchev–Trinajstić information content (AvgIpc) is 2.77. The van der Waals surface area contributed by atoms with E-state index >= 15 is 0 Å². The lowest BCUT2D eigenvalue weighted by Crippen LogP contribution is -1.99. The van der Waals surface area contributed by atoms with Crippen LogP contribution < -0.4 is 0 Å². The van der Waals surface area contributed by atoms with E-state index in [0.29, 0.717) is 0 Å². The van der Waals surface area contributed by atoms with E-state index in [9.17, 15) is 4.79 Å². The lowest BCUT2D eigenvalue weighted by atomic mass is 10.2. The summed E-state index contributed by atoms with van der Waals surface area (Å²) in [4.78, 5) is 17.3. The molecule has 19 heavy (non-hydrogen) atoms. The van der Waals surface area contributed by atoms with Crippen LogP contribution in [0.25, 0.3) is 0 Å². The van der Waals surface area contributed by atoms with Gasteiger partial charge in [0.2, 0.25) is 0 Å². The van der Waals surface area contributed by atoms with Crippen LogP contribution in [0.4, 0.5) is 0 Å². The Labute approximate surface area is 120 Å². The van der Waals surface area contributed by atoms with Gasteiger partial charge in [0.1, 0.15) is 0 Å². The SMILES string of the molecule is Cc1ncsc1CCSc1ccc(CC(=O)O)cc1. The van der Waals surface area contributed by atoms with E-state index in [4.69, 9.17) is 5.11 Å². The second-order valence-electron chi connectivity index (χ2n) is 4.17. The molecule has 1 aromatic heterocycles. The highest BCUT2D eigenvalue weighted by molar-refractivity contribution is 7.99. The fraction of sp³-hybridized carbons (Fsp3) is 0.286. The molecule has 100 valence electrons. The Hall–Kier alpha value is -1.33. The fourth-order valence-electron chi connectivity index (χ4n) is 1.71. The minimum Gasteiger partial charge on any atom is -0.481 e. The summed E-state index contributed by atoms with van der Waals surface area (Å²) in [7, 11) is 0. The van der Waals surface area contributed by atoms with Crippen LogP contribution in [0.5, 0.6) is 0 Å². The molecule has 2 aromatic rings. The first kappa shape index (κ1) is 14.1. The van der Waals surface area contributed by atoms with Crippen LogP contribution in [-0.2, 0) is 17.6 Å². The first-order valence-corrected chi connectivity index (χ1v) is 7.84. The molecule has 0 aliphatic rings. The maximum absolute atomic E-state index is 10.6. The molecule has 0 radical (unpaired) electrons. The van der Waals surface area contributed by atoms with Crippen LogP contribution in [0.15, 0.2) is 34.7 Å². The number of aliphatic carboxylic acids is 1. The highest BCUT2D eigenvalue weighted by atomic mass is 32.2. The molecular formula is C14H15NO2S2. The predicted molar refractivity (Wildman–Crippen MR) is 79.1 cm³/mol. The van der Waals surface area contributed by atoms with Gasteiger partial charge in [-0.15, -0.1) is 23.1 Å². The number of thioether (sulfide) groups is 1. The molecule has 0 saturated carbocycles. The van der Waals surface area contributed by atoms with Crippen molar-refractivity contribution in [3.8, 4) is 0 Å². The number of carbonyl (C=O) groups is 1. The Balaban J connectivity index is 1.83. The van der Waals surface area contributed by atoms with Crippen LogP contribution in [0, 0.1) is 6.92 Å². The van der Waals surface area contributed by atoms with Crippen LogP contribution in [0.3, 0.4) is 0 Å². The van der Waals surface area contributed by atoms with E-state index in [-0.39, 0.29) is 6.42 Å². The number of hydrogen-bond acceptors (Lipinski definition) is 4. The standard InChI is InChI=1S/C14H15NO2S2/c1-10-13(19-9-15-10)6-7-18-12-4-2-11(3-5-12)8-14(16)17/h2-5,9H,6-8H2,1H3,(H,16,17). The zero-order chi connectivity index (χ0) is 13.7. The summed E-state index contributed by atoms with van der Waals surface area (Å²) in [5.41, 5.74) is 3.85. The van der Waals surface area contributed by atoms with Crippen molar-refractivity contribution in [2.75, 3.05) is 5.75 Å². The van der Waals surface area contributed by atoms with Gasteiger partial charge in [-0.25, -0.2) is 4.98 Å². The molecule has 0 aliphatic carbocycles. The summed E-state index contributed by atoms with van der Waals surface area (Å²) in [5.74, 6) is 0.225. The highest BCUT2D eigenvalue weighted by Crippen LogP contribution is 2.22. The minimum absolute atomic E-state index is 0.0883. The molecule has 2 rings (SSSR count). The molecule has 1 heterocycles. The third-order valence-electron chi connectivity index (χ3n) is 2.72. The van der Waals surface area contributed by atoms with Gasteiger partial charge in [0, 0.05) is 15.5 Å². The van der Waals surface area contributed by atoms with Gasteiger partial charge in [0.15, 0.2) is 0 Å². The third-order valence-corrected chi connectivity index (χ3v) is 4.73. The number of rotatable bonds is 6. The van der Waals surface area contributed by atoms with Crippen molar-refractivity contribution in [2.24, 2.45) is 0 Å². The van der Waals surface area contributed by atoms with Gasteiger partial charge in [0.25, 0.3) is 0 Å². The second kappa shape index (κ2) is 6.73. The number of benzene rings is 1. The zero-order valence-corrected chi connectivity index (χ0v) is 12.3. The van der Waals surface area contributed by atoms with Crippen LogP contribution in [0.1, 0.15) is 16.1 Å². The molecule has 0 unspecified atom stereocenters. The van der Waals surface area contributed by atoms with Gasteiger partial charge in [0.05, 0.1) is 17.6 Å². The molecule has 0 saturated heterocycles. The quantitative estimate of drug-likeness (QED) is 0.829. The largest absolute Gasteiger partial charge is 0.481 e. The average molecular weight is 293 g/mol. The summed E-state index contributed by atoms with van der Waals surface area (Å²) in [5, 5.41) is 8.70. The smallest absolute Gasteiger partial charge is 0.307 e. The van der Waals surface area contributed by atoms with E-state index in [2.05, 4.69) is 4.98 Å². The number of aryl methyl sites for hydroxylation is 2. The van der Waals surface area contributed by atoms with Crippen molar-refractivity contribution < 1.29 is 9.90 Å². The van der Waals surface area contributed by atoms with Crippen molar-refractivity contribution in [3.05, 3.63) is 45.9 Å². The van der Waals surface area contributed by atoms with E-state index in [0.717, 1.165) is 23.4 Å². The number of thiazole rings is 1. The molecule has 0 fully saturated rings. The number of hydrogen-bond donors (Lipinski definition) is 1. The van der Waals surface area contributed by atoms with Crippen LogP contribution in [-0.4, -0.2) is 21.8 Å². The second-order valence-corrected chi connectivity index (χ2v) is 6.28. The first-order chi connectivity index (χ1) is 9.15. The van der Waals surface area contributed by atoms with E-state index in [1.165, 1.54) is 9.77 Å². The number of carboxylic acids is 1. The Bertz CT molecular complexity index is 549. The Morgan fingerprint density at radius 1 is 1.37 bits per heavy atom. The van der Waals surface area contributed by atoms with Gasteiger partial charge in [-0.1, -0.05) is 12.1 Å². The van der Waals surface area contributed by atoms with Gasteiger partial charge in [-0.05, 0) is 31.0 Å². The maximum Gasteiger partial charge on any atom is 0.307 e. The lowest BCUT2D eigenvalue weighted by molar-refractivity contribution is -0.136. The predicted octanol–water partition coefficient (Wildman–Crippen LogP) is 3.41. The summed E-state index contributed by atoms with van der Waals surface area (Å²) < 4.78 is 0. The molecule has 0 amide bonds. The zero-order valence-electron chi connectivity index (χ0n) is 10.6. The number of nitrogens with zero attached hydrogens (tertiary/aromatic N) is 1. The monoisotopic (exact) mass is 293 g/mol. The van der Waals surface area contributed by atoms with Crippen molar-refractivity contribution in [1.82, 2.24) is 4.98 Å². The Kier molecular flexibility index (Phi) is 4.99. The molecule has 0 aliphatic heterocycles. The molecule has 1 aromatic carbocycles. The van der Waals surface area contributed by atoms with Crippen molar-refractivity contribution in [2.45, 2.75) is 24.7 Å². The molecule has 3 nitrogen and oxygen atoms in total. The van der Waals surface area contributed by atoms with Crippen molar-refractivity contribution in [3.63, 3.8) is 0 Å². The molecule has 1 N–H and O–H groups in total. The van der Waals surface area contributed by atoms with E-state index in [1.54, 1.807) is 23.1 Å². The van der Waals surface area contributed by atoms with Crippen molar-refractivity contribution in [1.29, 1.82) is 0 Å². The highest BCUT2D eigenvalue weighted by Gasteiger charge is 2.03. The molecule has 5 heteroatoms. The molecule has 0 spiro atoms. The normalized spacial score (nSPS) is 10.6. The van der Waals surface area contributed by atoms with Gasteiger partial charge >= 0.3 is 5.97 Å². The third kappa shape index (κ3) is 4.36. The summed E-state index contributed by atoms with van der Waals surface area (Å²) in [6.45, 7) is 2.04. The first-order valence-electron chi connectivity index (χ1n) is 5.97. The summed E-state index contributed by atoms with van der Waals surface area (Å²) in [6.07, 6.45) is 1.11. The number of aromatic nitrogens is 1. The topological polar surface area (TPSA) is 50.2 Å². The van der Waals surface area contributed by atoms with Gasteiger partial charge < -0.3 is 5.11 Å². The lowest BCUT2D eigenvalue weighted by Gasteiger charge is -2.02. The van der Waals surface area contributed by atoms with Gasteiger partial charge in [-0.3, -0.25) is 4.79 Å². The fourth-order valence-corrected chi connectivity index (χ4v) is 3.49. The minimum atomic E-state index is -0.791. The Morgan fingerprint density at radius 2 is 2.11 bits per heavy atom.